The number of carbonyl (C=O) groups excluding carboxylic acids is 2. The van der Waals surface area contributed by atoms with Gasteiger partial charge in [0, 0.05) is 5.02 Å². The second-order valence-corrected chi connectivity index (χ2v) is 5.62. The van der Waals surface area contributed by atoms with E-state index in [4.69, 9.17) is 16.0 Å². The van der Waals surface area contributed by atoms with Gasteiger partial charge >= 0.3 is 5.97 Å². The molecule has 1 aromatic carbocycles. The third-order valence-electron chi connectivity index (χ3n) is 2.98. The lowest BCUT2D eigenvalue weighted by atomic mass is 10.0. The predicted molar refractivity (Wildman–Crippen MR) is 84.7 cm³/mol. The number of benzene rings is 1. The van der Waals surface area contributed by atoms with E-state index < -0.39 is 17.9 Å². The fourth-order valence-corrected chi connectivity index (χ4v) is 2.49. The van der Waals surface area contributed by atoms with Gasteiger partial charge in [0.05, 0.1) is 19.6 Å². The highest BCUT2D eigenvalue weighted by Gasteiger charge is 2.22. The molecule has 0 spiro atoms. The Morgan fingerprint density at radius 2 is 2.05 bits per heavy atom. The van der Waals surface area contributed by atoms with Gasteiger partial charge in [0.1, 0.15) is 0 Å². The van der Waals surface area contributed by atoms with Crippen LogP contribution in [0, 0.1) is 0 Å². The molecule has 1 unspecified atom stereocenters. The highest BCUT2D eigenvalue weighted by molar-refractivity contribution is 9.10. The van der Waals surface area contributed by atoms with Crippen LogP contribution in [0.3, 0.4) is 0 Å². The van der Waals surface area contributed by atoms with Crippen molar-refractivity contribution in [1.29, 1.82) is 0 Å². The van der Waals surface area contributed by atoms with E-state index >= 15 is 0 Å². The van der Waals surface area contributed by atoms with Gasteiger partial charge in [0.15, 0.2) is 10.4 Å². The molecule has 2 aromatic rings. The van der Waals surface area contributed by atoms with Crippen LogP contribution < -0.4 is 5.32 Å². The molecule has 0 saturated heterocycles. The number of esters is 1. The summed E-state index contributed by atoms with van der Waals surface area (Å²) in [5.41, 5.74) is 0.633. The van der Waals surface area contributed by atoms with Gasteiger partial charge in [-0.3, -0.25) is 9.59 Å². The molecule has 1 aromatic heterocycles. The van der Waals surface area contributed by atoms with Gasteiger partial charge in [0.2, 0.25) is 0 Å². The monoisotopic (exact) mass is 385 g/mol. The number of ether oxygens (including phenoxy) is 1. The summed E-state index contributed by atoms with van der Waals surface area (Å²) < 4.78 is 10.3. The zero-order valence-electron chi connectivity index (χ0n) is 11.6. The van der Waals surface area contributed by atoms with Crippen molar-refractivity contribution in [2.24, 2.45) is 0 Å². The maximum atomic E-state index is 12.2. The third-order valence-corrected chi connectivity index (χ3v) is 3.75. The quantitative estimate of drug-likeness (QED) is 0.795. The van der Waals surface area contributed by atoms with Crippen LogP contribution in [0.1, 0.15) is 28.6 Å². The van der Waals surface area contributed by atoms with Crippen LogP contribution in [-0.4, -0.2) is 19.0 Å². The van der Waals surface area contributed by atoms with E-state index in [1.807, 2.05) is 0 Å². The number of furan rings is 1. The number of methoxy groups -OCH3 is 1. The SMILES string of the molecule is COC(=O)CC(NC(=O)c1ccc(Br)o1)c1ccccc1Cl. The zero-order chi connectivity index (χ0) is 16.1. The van der Waals surface area contributed by atoms with Gasteiger partial charge in [-0.25, -0.2) is 0 Å². The number of rotatable bonds is 5. The van der Waals surface area contributed by atoms with Crippen molar-refractivity contribution < 1.29 is 18.7 Å². The first kappa shape index (κ1) is 16.6. The Hall–Kier alpha value is -1.79. The molecule has 0 aliphatic heterocycles. The molecule has 1 N–H and O–H groups in total. The number of halogens is 2. The van der Waals surface area contributed by atoms with E-state index in [0.29, 0.717) is 15.3 Å². The summed E-state index contributed by atoms with van der Waals surface area (Å²) in [6.45, 7) is 0. The number of amides is 1. The Bertz CT molecular complexity index is 686. The van der Waals surface area contributed by atoms with Crippen molar-refractivity contribution in [2.75, 3.05) is 7.11 Å². The van der Waals surface area contributed by atoms with E-state index in [-0.39, 0.29) is 12.2 Å². The van der Waals surface area contributed by atoms with Gasteiger partial charge in [-0.1, -0.05) is 29.8 Å². The average molecular weight is 387 g/mol. The first-order valence-corrected chi connectivity index (χ1v) is 7.55. The van der Waals surface area contributed by atoms with Crippen molar-refractivity contribution >= 4 is 39.4 Å². The molecule has 22 heavy (non-hydrogen) atoms. The molecule has 2 rings (SSSR count). The molecule has 0 aliphatic carbocycles. The van der Waals surface area contributed by atoms with Gasteiger partial charge in [-0.2, -0.15) is 0 Å². The van der Waals surface area contributed by atoms with Gasteiger partial charge in [-0.05, 0) is 39.7 Å². The molecule has 5 nitrogen and oxygen atoms in total. The second-order valence-electron chi connectivity index (χ2n) is 4.43. The van der Waals surface area contributed by atoms with Crippen LogP contribution in [0.25, 0.3) is 0 Å². The highest BCUT2D eigenvalue weighted by atomic mass is 79.9. The minimum atomic E-state index is -0.613. The average Bonchev–Trinajstić information content (AvgIpc) is 2.93. The highest BCUT2D eigenvalue weighted by Crippen LogP contribution is 2.26. The molecular formula is C15H13BrClNO4. The molecular weight excluding hydrogens is 374 g/mol. The molecule has 1 amide bonds. The van der Waals surface area contributed by atoms with Crippen LogP contribution in [0.2, 0.25) is 5.02 Å². The third kappa shape index (κ3) is 4.11. The summed E-state index contributed by atoms with van der Waals surface area (Å²) in [7, 11) is 1.29. The Labute approximate surface area is 140 Å². The lowest BCUT2D eigenvalue weighted by molar-refractivity contribution is -0.141. The summed E-state index contributed by atoms with van der Waals surface area (Å²) in [5, 5.41) is 3.19. The van der Waals surface area contributed by atoms with Crippen molar-refractivity contribution in [1.82, 2.24) is 5.32 Å². The Balaban J connectivity index is 2.23. The zero-order valence-corrected chi connectivity index (χ0v) is 14.0. The maximum Gasteiger partial charge on any atom is 0.307 e. The molecule has 0 bridgehead atoms. The first-order valence-electron chi connectivity index (χ1n) is 6.38. The lowest BCUT2D eigenvalue weighted by Gasteiger charge is -2.18. The summed E-state index contributed by atoms with van der Waals surface area (Å²) in [6.07, 6.45) is -0.0339. The topological polar surface area (TPSA) is 68.5 Å². The first-order chi connectivity index (χ1) is 10.5. The van der Waals surface area contributed by atoms with Gasteiger partial charge in [0.25, 0.3) is 5.91 Å². The van der Waals surface area contributed by atoms with Crippen molar-refractivity contribution in [2.45, 2.75) is 12.5 Å². The normalized spacial score (nSPS) is 11.8. The van der Waals surface area contributed by atoms with Crippen LogP contribution >= 0.6 is 27.5 Å². The molecule has 0 fully saturated rings. The molecule has 0 saturated carbocycles. The van der Waals surface area contributed by atoms with Gasteiger partial charge in [-0.15, -0.1) is 0 Å². The van der Waals surface area contributed by atoms with Crippen molar-refractivity contribution in [3.05, 3.63) is 57.4 Å². The summed E-state index contributed by atoms with van der Waals surface area (Å²) in [6, 6.07) is 9.51. The molecule has 1 atom stereocenters. The largest absolute Gasteiger partial charge is 0.469 e. The minimum Gasteiger partial charge on any atom is -0.469 e. The predicted octanol–water partition coefficient (Wildman–Crippen LogP) is 3.73. The molecule has 116 valence electrons. The molecule has 1 heterocycles. The molecule has 0 aliphatic rings. The minimum absolute atomic E-state index is 0.0339. The van der Waals surface area contributed by atoms with E-state index in [2.05, 4.69) is 26.0 Å². The number of nitrogens with one attached hydrogen (secondary N) is 1. The molecule has 7 heteroatoms. The second kappa shape index (κ2) is 7.47. The van der Waals surface area contributed by atoms with E-state index in [0.717, 1.165) is 0 Å². The fourth-order valence-electron chi connectivity index (χ4n) is 1.91. The Kier molecular flexibility index (Phi) is 5.63. The van der Waals surface area contributed by atoms with Crippen LogP contribution in [0.15, 0.2) is 45.5 Å². The van der Waals surface area contributed by atoms with Crippen molar-refractivity contribution in [3.63, 3.8) is 0 Å². The Morgan fingerprint density at radius 1 is 1.32 bits per heavy atom. The van der Waals surface area contributed by atoms with E-state index in [9.17, 15) is 9.59 Å². The maximum absolute atomic E-state index is 12.2. The lowest BCUT2D eigenvalue weighted by Crippen LogP contribution is -2.30. The van der Waals surface area contributed by atoms with Crippen LogP contribution in [-0.2, 0) is 9.53 Å². The summed E-state index contributed by atoms with van der Waals surface area (Å²) in [4.78, 5) is 23.8. The fraction of sp³-hybridized carbons (Fsp3) is 0.200. The summed E-state index contributed by atoms with van der Waals surface area (Å²) >= 11 is 9.28. The number of carbonyl (C=O) groups is 2. The van der Waals surface area contributed by atoms with E-state index in [1.54, 1.807) is 30.3 Å². The standard InChI is InChI=1S/C15H13BrClNO4/c1-21-14(19)8-11(9-4-2-3-5-10(9)17)18-15(20)12-6-7-13(16)22-12/h2-7,11H,8H2,1H3,(H,18,20). The van der Waals surface area contributed by atoms with Gasteiger partial charge < -0.3 is 14.5 Å². The van der Waals surface area contributed by atoms with Crippen molar-refractivity contribution in [3.8, 4) is 0 Å². The van der Waals surface area contributed by atoms with E-state index in [1.165, 1.54) is 13.2 Å². The smallest absolute Gasteiger partial charge is 0.307 e. The number of hydrogen-bond acceptors (Lipinski definition) is 4. The molecule has 0 radical (unpaired) electrons. The van der Waals surface area contributed by atoms with Crippen LogP contribution in [0.4, 0.5) is 0 Å². The number of hydrogen-bond donors (Lipinski definition) is 1. The Morgan fingerprint density at radius 3 is 2.64 bits per heavy atom. The summed E-state index contributed by atoms with van der Waals surface area (Å²) in [5.74, 6) is -0.765. The van der Waals surface area contributed by atoms with Crippen LogP contribution in [0.5, 0.6) is 0 Å².